The number of hydrogen-bond acceptors (Lipinski definition) is 7. The predicted octanol–water partition coefficient (Wildman–Crippen LogP) is 3.96. The number of anilines is 1. The molecule has 0 bridgehead atoms. The third-order valence-corrected chi connectivity index (χ3v) is 6.56. The fraction of sp³-hybridized carbons (Fsp3) is 0.250. The lowest BCUT2D eigenvalue weighted by atomic mass is 9.78. The van der Waals surface area contributed by atoms with E-state index in [0.29, 0.717) is 23.6 Å². The van der Waals surface area contributed by atoms with E-state index in [9.17, 15) is 19.6 Å². The Balaban J connectivity index is 1.93. The number of carbonyl (C=O) groups excluding carboxylic acids is 3. The summed E-state index contributed by atoms with van der Waals surface area (Å²) in [6, 6.07) is 16.2. The lowest BCUT2D eigenvalue weighted by Gasteiger charge is -2.31. The number of esters is 1. The summed E-state index contributed by atoms with van der Waals surface area (Å²) in [6.45, 7) is 2.18. The molecule has 34 heavy (non-hydrogen) atoms. The molecule has 0 fully saturated rings. The zero-order chi connectivity index (χ0) is 24.7. The van der Waals surface area contributed by atoms with Crippen molar-refractivity contribution < 1.29 is 23.9 Å². The Morgan fingerprint density at radius 1 is 1.21 bits per heavy atom. The van der Waals surface area contributed by atoms with Gasteiger partial charge in [-0.05, 0) is 37.3 Å². The molecule has 0 radical (unpaired) electrons. The van der Waals surface area contributed by atoms with E-state index in [-0.39, 0.29) is 22.3 Å². The molecule has 0 aromatic heterocycles. The number of amides is 2. The number of para-hydroxylation sites is 1. The van der Waals surface area contributed by atoms with Gasteiger partial charge in [-0.2, -0.15) is 5.26 Å². The minimum absolute atomic E-state index is 0.0560. The third kappa shape index (κ3) is 5.79. The second kappa shape index (κ2) is 11.7. The summed E-state index contributed by atoms with van der Waals surface area (Å²) >= 11 is 4.35. The fourth-order valence-corrected chi connectivity index (χ4v) is 4.66. The Morgan fingerprint density at radius 3 is 2.56 bits per heavy atom. The Morgan fingerprint density at radius 2 is 1.91 bits per heavy atom. The van der Waals surface area contributed by atoms with Crippen molar-refractivity contribution in [1.29, 1.82) is 5.26 Å². The molecule has 2 atom stereocenters. The van der Waals surface area contributed by atoms with E-state index in [2.05, 4.69) is 32.6 Å². The second-order valence-corrected chi connectivity index (χ2v) is 9.04. The number of nitrogens with zero attached hydrogens (tertiary/aromatic N) is 1. The van der Waals surface area contributed by atoms with E-state index in [1.807, 2.05) is 6.92 Å². The van der Waals surface area contributed by atoms with E-state index in [0.717, 1.165) is 16.2 Å². The average Bonchev–Trinajstić information content (AvgIpc) is 2.84. The molecule has 2 unspecified atom stereocenters. The number of nitriles is 1. The highest BCUT2D eigenvalue weighted by atomic mass is 79.9. The Labute approximate surface area is 209 Å². The highest BCUT2D eigenvalue weighted by Gasteiger charge is 2.45. The van der Waals surface area contributed by atoms with Crippen LogP contribution in [0.3, 0.4) is 0 Å². The van der Waals surface area contributed by atoms with Crippen molar-refractivity contribution in [2.75, 3.05) is 24.8 Å². The number of carbonyl (C=O) groups is 3. The molecule has 0 saturated carbocycles. The van der Waals surface area contributed by atoms with Crippen LogP contribution < -0.4 is 15.4 Å². The number of thioether (sulfide) groups is 1. The van der Waals surface area contributed by atoms with E-state index in [1.54, 1.807) is 48.5 Å². The van der Waals surface area contributed by atoms with Gasteiger partial charge < -0.3 is 20.1 Å². The molecule has 2 aromatic rings. The Hall–Kier alpha value is -3.29. The minimum Gasteiger partial charge on any atom is -0.494 e. The summed E-state index contributed by atoms with van der Waals surface area (Å²) in [5.41, 5.74) is 1.29. The van der Waals surface area contributed by atoms with Crippen LogP contribution in [0.25, 0.3) is 0 Å². The zero-order valence-corrected chi connectivity index (χ0v) is 20.9. The fourth-order valence-electron chi connectivity index (χ4n) is 3.55. The van der Waals surface area contributed by atoms with Crippen LogP contribution in [0, 0.1) is 17.2 Å². The normalized spacial score (nSPS) is 17.4. The predicted molar refractivity (Wildman–Crippen MR) is 132 cm³/mol. The van der Waals surface area contributed by atoms with Crippen LogP contribution in [0.5, 0.6) is 5.75 Å². The van der Waals surface area contributed by atoms with Crippen LogP contribution in [-0.2, 0) is 19.1 Å². The van der Waals surface area contributed by atoms with E-state index in [1.165, 1.54) is 7.11 Å². The maximum Gasteiger partial charge on any atom is 0.319 e. The highest BCUT2D eigenvalue weighted by molar-refractivity contribution is 9.10. The van der Waals surface area contributed by atoms with Crippen LogP contribution in [0.15, 0.2) is 63.6 Å². The number of benzene rings is 2. The zero-order valence-electron chi connectivity index (χ0n) is 18.5. The molecule has 0 aliphatic carbocycles. The van der Waals surface area contributed by atoms with Crippen LogP contribution in [0.4, 0.5) is 5.69 Å². The number of allylic oxidation sites excluding steroid dienone is 1. The Kier molecular flexibility index (Phi) is 8.73. The smallest absolute Gasteiger partial charge is 0.319 e. The summed E-state index contributed by atoms with van der Waals surface area (Å²) in [7, 11) is 1.19. The molecule has 176 valence electrons. The number of nitrogens with one attached hydrogen (secondary N) is 2. The standard InChI is InChI=1S/C24H22BrN3O5S/c1-3-33-18-7-5-4-6-16(18)20-17(12-26)23(28-22(30)21(20)24(31)32-2)34-13-19(29)27-15-10-8-14(25)9-11-15/h4-11,20-21H,3,13H2,1-2H3,(H,27,29)(H,28,30). The van der Waals surface area contributed by atoms with Gasteiger partial charge >= 0.3 is 5.97 Å². The van der Waals surface area contributed by atoms with Crippen LogP contribution in [-0.4, -0.2) is 37.3 Å². The first-order chi connectivity index (χ1) is 16.4. The summed E-state index contributed by atoms with van der Waals surface area (Å²) in [4.78, 5) is 38.0. The van der Waals surface area contributed by atoms with Gasteiger partial charge in [-0.25, -0.2) is 0 Å². The van der Waals surface area contributed by atoms with E-state index >= 15 is 0 Å². The first kappa shape index (κ1) is 25.3. The molecule has 10 heteroatoms. The van der Waals surface area contributed by atoms with Gasteiger partial charge in [0.2, 0.25) is 11.8 Å². The Bertz CT molecular complexity index is 1160. The summed E-state index contributed by atoms with van der Waals surface area (Å²) < 4.78 is 11.4. The van der Waals surface area contributed by atoms with Gasteiger partial charge in [0.25, 0.3) is 0 Å². The molecular formula is C24H22BrN3O5S. The maximum absolute atomic E-state index is 13.0. The van der Waals surface area contributed by atoms with Gasteiger partial charge in [-0.15, -0.1) is 0 Å². The first-order valence-electron chi connectivity index (χ1n) is 10.3. The van der Waals surface area contributed by atoms with Crippen molar-refractivity contribution in [3.8, 4) is 11.8 Å². The van der Waals surface area contributed by atoms with E-state index < -0.39 is 23.7 Å². The molecule has 2 N–H and O–H groups in total. The lowest BCUT2D eigenvalue weighted by molar-refractivity contribution is -0.150. The molecule has 1 aliphatic rings. The molecule has 0 saturated heterocycles. The van der Waals surface area contributed by atoms with Crippen molar-refractivity contribution in [2.24, 2.45) is 5.92 Å². The number of rotatable bonds is 8. The maximum atomic E-state index is 13.0. The molecule has 2 amide bonds. The molecule has 3 rings (SSSR count). The van der Waals surface area contributed by atoms with Crippen molar-refractivity contribution >= 4 is 51.2 Å². The van der Waals surface area contributed by atoms with Gasteiger partial charge in [-0.1, -0.05) is 45.9 Å². The highest BCUT2D eigenvalue weighted by Crippen LogP contribution is 2.43. The van der Waals surface area contributed by atoms with Crippen molar-refractivity contribution in [3.05, 3.63) is 69.2 Å². The van der Waals surface area contributed by atoms with Gasteiger partial charge in [0.05, 0.1) is 36.1 Å². The van der Waals surface area contributed by atoms with Gasteiger partial charge in [-0.3, -0.25) is 14.4 Å². The molecular weight excluding hydrogens is 522 g/mol. The van der Waals surface area contributed by atoms with Crippen molar-refractivity contribution in [2.45, 2.75) is 12.8 Å². The number of halogens is 1. The number of ether oxygens (including phenoxy) is 2. The molecule has 1 heterocycles. The molecule has 1 aliphatic heterocycles. The molecule has 0 spiro atoms. The SMILES string of the molecule is CCOc1ccccc1C1C(C#N)=C(SCC(=O)Nc2ccc(Br)cc2)NC(=O)C1C(=O)OC. The van der Waals surface area contributed by atoms with Crippen molar-refractivity contribution in [1.82, 2.24) is 5.32 Å². The van der Waals surface area contributed by atoms with Gasteiger partial charge in [0.1, 0.15) is 11.7 Å². The topological polar surface area (TPSA) is 118 Å². The minimum atomic E-state index is -1.28. The molecule has 8 nitrogen and oxygen atoms in total. The van der Waals surface area contributed by atoms with Gasteiger partial charge in [0, 0.05) is 21.6 Å². The molecule has 2 aromatic carbocycles. The number of methoxy groups -OCH3 is 1. The average molecular weight is 544 g/mol. The largest absolute Gasteiger partial charge is 0.494 e. The number of hydrogen-bond donors (Lipinski definition) is 2. The first-order valence-corrected chi connectivity index (χ1v) is 12.1. The monoisotopic (exact) mass is 543 g/mol. The second-order valence-electron chi connectivity index (χ2n) is 7.14. The van der Waals surface area contributed by atoms with Crippen molar-refractivity contribution in [3.63, 3.8) is 0 Å². The quantitative estimate of drug-likeness (QED) is 0.382. The van der Waals surface area contributed by atoms with Crippen LogP contribution >= 0.6 is 27.7 Å². The summed E-state index contributed by atoms with van der Waals surface area (Å²) in [6.07, 6.45) is 0. The summed E-state index contributed by atoms with van der Waals surface area (Å²) in [5.74, 6) is -3.49. The third-order valence-electron chi connectivity index (χ3n) is 5.01. The summed E-state index contributed by atoms with van der Waals surface area (Å²) in [5, 5.41) is 15.6. The van der Waals surface area contributed by atoms with Crippen LogP contribution in [0.1, 0.15) is 18.4 Å². The lowest BCUT2D eigenvalue weighted by Crippen LogP contribution is -2.44. The van der Waals surface area contributed by atoms with Gasteiger partial charge in [0.15, 0.2) is 0 Å². The van der Waals surface area contributed by atoms with Crippen LogP contribution in [0.2, 0.25) is 0 Å². The van der Waals surface area contributed by atoms with E-state index in [4.69, 9.17) is 9.47 Å².